The Hall–Kier alpha value is -2.85. The van der Waals surface area contributed by atoms with Crippen molar-refractivity contribution in [2.24, 2.45) is 0 Å². The second-order valence-corrected chi connectivity index (χ2v) is 10.00. The standard InChI is InChI=1S/C25H33BF2N4O5/c1-18(33)32(21(14-26(35)36)19-7-5-4-6-8-19)22-16-30(11-12-37-22)23(34)20(15-29)13-24(2,3)31-10-9-25(27,28)17-31/h4-8,13,21-22,35-36H,9-12,14,16-17H2,1-3H3/t21-,22+/m1/s1. The summed E-state index contributed by atoms with van der Waals surface area (Å²) in [7, 11) is -1.69. The van der Waals surface area contributed by atoms with Crippen LogP contribution in [-0.2, 0) is 14.3 Å². The van der Waals surface area contributed by atoms with Gasteiger partial charge in [-0.2, -0.15) is 5.26 Å². The van der Waals surface area contributed by atoms with Crippen LogP contribution in [0.25, 0.3) is 0 Å². The molecule has 0 spiro atoms. The monoisotopic (exact) mass is 518 g/mol. The van der Waals surface area contributed by atoms with E-state index in [1.807, 2.05) is 6.07 Å². The average Bonchev–Trinajstić information content (AvgIpc) is 3.22. The zero-order valence-corrected chi connectivity index (χ0v) is 21.3. The number of ether oxygens (including phenoxy) is 1. The molecule has 2 fully saturated rings. The van der Waals surface area contributed by atoms with Crippen molar-refractivity contribution in [2.45, 2.75) is 57.2 Å². The molecule has 2 atom stereocenters. The van der Waals surface area contributed by atoms with Crippen LogP contribution in [0.3, 0.4) is 0 Å². The number of rotatable bonds is 8. The quantitative estimate of drug-likeness (QED) is 0.306. The van der Waals surface area contributed by atoms with E-state index in [2.05, 4.69) is 0 Å². The van der Waals surface area contributed by atoms with Crippen LogP contribution in [0.1, 0.15) is 38.8 Å². The molecule has 37 heavy (non-hydrogen) atoms. The average molecular weight is 518 g/mol. The number of morpholine rings is 1. The third-order valence-electron chi connectivity index (χ3n) is 6.80. The van der Waals surface area contributed by atoms with Gasteiger partial charge in [0.2, 0.25) is 5.91 Å². The van der Waals surface area contributed by atoms with Crippen LogP contribution >= 0.6 is 0 Å². The molecule has 0 saturated carbocycles. The van der Waals surface area contributed by atoms with Crippen molar-refractivity contribution in [3.05, 3.63) is 47.5 Å². The van der Waals surface area contributed by atoms with E-state index in [4.69, 9.17) is 4.74 Å². The summed E-state index contributed by atoms with van der Waals surface area (Å²) in [6.45, 7) is 4.60. The highest BCUT2D eigenvalue weighted by Crippen LogP contribution is 2.33. The van der Waals surface area contributed by atoms with Crippen LogP contribution in [0.5, 0.6) is 0 Å². The Morgan fingerprint density at radius 3 is 2.54 bits per heavy atom. The summed E-state index contributed by atoms with van der Waals surface area (Å²) in [6, 6.07) is 10.0. The summed E-state index contributed by atoms with van der Waals surface area (Å²) >= 11 is 0. The minimum absolute atomic E-state index is 0.0511. The van der Waals surface area contributed by atoms with Gasteiger partial charge in [0.25, 0.3) is 11.8 Å². The molecule has 2 N–H and O–H groups in total. The predicted molar refractivity (Wildman–Crippen MR) is 132 cm³/mol. The van der Waals surface area contributed by atoms with E-state index < -0.39 is 43.3 Å². The number of halogens is 2. The first-order valence-corrected chi connectivity index (χ1v) is 12.2. The number of carbonyl (C=O) groups is 2. The second-order valence-electron chi connectivity index (χ2n) is 10.00. The van der Waals surface area contributed by atoms with Crippen LogP contribution in [0, 0.1) is 11.3 Å². The molecule has 0 radical (unpaired) electrons. The van der Waals surface area contributed by atoms with Crippen LogP contribution in [0.15, 0.2) is 42.0 Å². The number of likely N-dealkylation sites (tertiary alicyclic amines) is 1. The van der Waals surface area contributed by atoms with Gasteiger partial charge in [-0.25, -0.2) is 8.78 Å². The molecule has 2 amide bonds. The summed E-state index contributed by atoms with van der Waals surface area (Å²) < 4.78 is 33.4. The highest BCUT2D eigenvalue weighted by atomic mass is 19.3. The molecule has 0 aliphatic carbocycles. The Balaban J connectivity index is 1.83. The smallest absolute Gasteiger partial charge is 0.427 e. The molecule has 200 valence electrons. The zero-order valence-electron chi connectivity index (χ0n) is 21.3. The van der Waals surface area contributed by atoms with Gasteiger partial charge >= 0.3 is 7.12 Å². The topological polar surface area (TPSA) is 117 Å². The Kier molecular flexibility index (Phi) is 9.07. The van der Waals surface area contributed by atoms with Crippen molar-refractivity contribution in [1.82, 2.24) is 14.7 Å². The molecule has 1 aromatic rings. The molecule has 0 aromatic heterocycles. The normalized spacial score (nSPS) is 21.3. The van der Waals surface area contributed by atoms with E-state index in [1.54, 1.807) is 49.1 Å². The largest absolute Gasteiger partial charge is 0.453 e. The van der Waals surface area contributed by atoms with Crippen molar-refractivity contribution in [1.29, 1.82) is 5.26 Å². The molecule has 9 nitrogen and oxygen atoms in total. The van der Waals surface area contributed by atoms with Crippen LogP contribution in [0.2, 0.25) is 6.32 Å². The lowest BCUT2D eigenvalue weighted by Gasteiger charge is -2.42. The first-order valence-electron chi connectivity index (χ1n) is 12.2. The molecule has 2 aliphatic rings. The van der Waals surface area contributed by atoms with Gasteiger partial charge in [0.15, 0.2) is 6.23 Å². The van der Waals surface area contributed by atoms with Gasteiger partial charge in [0.1, 0.15) is 11.6 Å². The zero-order chi connectivity index (χ0) is 27.4. The summed E-state index contributed by atoms with van der Waals surface area (Å²) in [5, 5.41) is 29.2. The predicted octanol–water partition coefficient (Wildman–Crippen LogP) is 1.80. The number of nitriles is 1. The minimum atomic E-state index is -2.81. The van der Waals surface area contributed by atoms with Crippen LogP contribution in [0.4, 0.5) is 8.78 Å². The highest BCUT2D eigenvalue weighted by molar-refractivity contribution is 6.41. The van der Waals surface area contributed by atoms with Gasteiger partial charge in [-0.05, 0) is 25.5 Å². The third kappa shape index (κ3) is 7.14. The number of carbonyl (C=O) groups excluding carboxylic acids is 2. The maximum Gasteiger partial charge on any atom is 0.453 e. The molecular formula is C25H33BF2N4O5. The number of benzene rings is 1. The number of hydrogen-bond acceptors (Lipinski definition) is 7. The minimum Gasteiger partial charge on any atom is -0.427 e. The van der Waals surface area contributed by atoms with Crippen LogP contribution in [-0.4, -0.2) is 94.2 Å². The summed E-state index contributed by atoms with van der Waals surface area (Å²) in [4.78, 5) is 30.4. The van der Waals surface area contributed by atoms with Gasteiger partial charge in [0.05, 0.1) is 25.7 Å². The second kappa shape index (κ2) is 11.7. The number of alkyl halides is 2. The van der Waals surface area contributed by atoms with Gasteiger partial charge < -0.3 is 24.6 Å². The summed E-state index contributed by atoms with van der Waals surface area (Å²) in [6.07, 6.45) is 0.0651. The molecule has 2 aliphatic heterocycles. The summed E-state index contributed by atoms with van der Waals surface area (Å²) in [5.41, 5.74) is -0.465. The van der Waals surface area contributed by atoms with E-state index >= 15 is 0 Å². The number of hydrogen-bond donors (Lipinski definition) is 2. The van der Waals surface area contributed by atoms with E-state index in [0.717, 1.165) is 0 Å². The van der Waals surface area contributed by atoms with Crippen molar-refractivity contribution in [2.75, 3.05) is 32.8 Å². The first kappa shape index (κ1) is 28.7. The lowest BCUT2D eigenvalue weighted by molar-refractivity contribution is -0.165. The van der Waals surface area contributed by atoms with E-state index in [-0.39, 0.29) is 50.5 Å². The van der Waals surface area contributed by atoms with Crippen molar-refractivity contribution < 1.29 is 33.2 Å². The van der Waals surface area contributed by atoms with E-state index in [0.29, 0.717) is 5.56 Å². The van der Waals surface area contributed by atoms with E-state index in [1.165, 1.54) is 22.8 Å². The third-order valence-corrected chi connectivity index (χ3v) is 6.80. The maximum atomic E-state index is 13.8. The lowest BCUT2D eigenvalue weighted by Crippen LogP contribution is -2.55. The maximum absolute atomic E-state index is 13.8. The molecule has 0 bridgehead atoms. The van der Waals surface area contributed by atoms with Crippen molar-refractivity contribution >= 4 is 18.9 Å². The van der Waals surface area contributed by atoms with Crippen LogP contribution < -0.4 is 0 Å². The van der Waals surface area contributed by atoms with Gasteiger partial charge in [-0.15, -0.1) is 0 Å². The fraction of sp³-hybridized carbons (Fsp3) is 0.560. The first-order chi connectivity index (χ1) is 17.3. The molecule has 3 rings (SSSR count). The Bertz CT molecular complexity index is 1050. The van der Waals surface area contributed by atoms with Crippen molar-refractivity contribution in [3.63, 3.8) is 0 Å². The van der Waals surface area contributed by atoms with Crippen molar-refractivity contribution in [3.8, 4) is 6.07 Å². The molecule has 1 aromatic carbocycles. The number of amides is 2. The molecular weight excluding hydrogens is 485 g/mol. The molecule has 2 saturated heterocycles. The fourth-order valence-electron chi connectivity index (χ4n) is 4.88. The Morgan fingerprint density at radius 1 is 1.32 bits per heavy atom. The van der Waals surface area contributed by atoms with Gasteiger partial charge in [0, 0.05) is 38.3 Å². The SMILES string of the molecule is CC(=O)N([C@@H]1CN(C(=O)C(C#N)=CC(C)(C)N2CCC(F)(F)C2)CCO1)[C@H](CB(O)O)c1ccccc1. The van der Waals surface area contributed by atoms with Gasteiger partial charge in [-0.3, -0.25) is 14.5 Å². The van der Waals surface area contributed by atoms with Gasteiger partial charge in [-0.1, -0.05) is 30.3 Å². The lowest BCUT2D eigenvalue weighted by atomic mass is 9.78. The van der Waals surface area contributed by atoms with E-state index in [9.17, 15) is 33.7 Å². The summed E-state index contributed by atoms with van der Waals surface area (Å²) in [5.74, 6) is -3.79. The number of nitrogens with zero attached hydrogens (tertiary/aromatic N) is 4. The Morgan fingerprint density at radius 2 is 2.00 bits per heavy atom. The molecule has 0 unspecified atom stereocenters. The molecule has 2 heterocycles. The molecule has 12 heteroatoms. The fourth-order valence-corrected chi connectivity index (χ4v) is 4.88. The highest BCUT2D eigenvalue weighted by Gasteiger charge is 2.44. The Labute approximate surface area is 216 Å².